The first-order valence-corrected chi connectivity index (χ1v) is 7.64. The first kappa shape index (κ1) is 15.1. The lowest BCUT2D eigenvalue weighted by Crippen LogP contribution is -2.14. The quantitative estimate of drug-likeness (QED) is 0.779. The molecule has 20 heavy (non-hydrogen) atoms. The van der Waals surface area contributed by atoms with E-state index in [1.807, 2.05) is 43.3 Å². The molecule has 0 aliphatic rings. The van der Waals surface area contributed by atoms with Crippen LogP contribution in [0.2, 0.25) is 0 Å². The van der Waals surface area contributed by atoms with Gasteiger partial charge in [0.25, 0.3) is 5.91 Å². The molecule has 0 heterocycles. The molecule has 0 bridgehead atoms. The molecule has 0 radical (unpaired) electrons. The molecule has 0 atom stereocenters. The number of carbonyl (C=O) groups is 1. The van der Waals surface area contributed by atoms with Gasteiger partial charge < -0.3 is 10.6 Å². The Kier molecular flexibility index (Phi) is 4.83. The fourth-order valence-electron chi connectivity index (χ4n) is 1.84. The van der Waals surface area contributed by atoms with Crippen LogP contribution in [0.1, 0.15) is 15.9 Å². The first-order chi connectivity index (χ1) is 9.51. The van der Waals surface area contributed by atoms with Crippen LogP contribution in [0.3, 0.4) is 0 Å². The van der Waals surface area contributed by atoms with Crippen molar-refractivity contribution in [3.8, 4) is 0 Å². The Morgan fingerprint density at radius 1 is 1.05 bits per heavy atom. The number of anilines is 2. The summed E-state index contributed by atoms with van der Waals surface area (Å²) < 4.78 is 1.78. The summed E-state index contributed by atoms with van der Waals surface area (Å²) in [4.78, 5) is 12.4. The Bertz CT molecular complexity index is 656. The Morgan fingerprint density at radius 3 is 2.45 bits per heavy atom. The largest absolute Gasteiger partial charge is 0.387 e. The van der Waals surface area contributed by atoms with Crippen LogP contribution in [0.5, 0.6) is 0 Å². The summed E-state index contributed by atoms with van der Waals surface area (Å²) in [5.41, 5.74) is 3.28. The number of amides is 1. The van der Waals surface area contributed by atoms with Crippen molar-refractivity contribution < 1.29 is 4.79 Å². The number of hydrogen-bond donors (Lipinski definition) is 2. The minimum Gasteiger partial charge on any atom is -0.387 e. The molecule has 0 aliphatic carbocycles. The van der Waals surface area contributed by atoms with Crippen molar-refractivity contribution in [3.05, 3.63) is 56.5 Å². The van der Waals surface area contributed by atoms with Crippen LogP contribution < -0.4 is 10.6 Å². The third-order valence-corrected chi connectivity index (χ3v) is 4.02. The van der Waals surface area contributed by atoms with E-state index in [2.05, 4.69) is 42.5 Å². The Hall–Kier alpha value is -1.33. The van der Waals surface area contributed by atoms with Crippen molar-refractivity contribution in [1.29, 1.82) is 0 Å². The smallest absolute Gasteiger partial charge is 0.257 e. The summed E-state index contributed by atoms with van der Waals surface area (Å²) >= 11 is 6.82. The van der Waals surface area contributed by atoms with Crippen LogP contribution in [0.15, 0.2) is 45.3 Å². The minimum atomic E-state index is -0.141. The van der Waals surface area contributed by atoms with E-state index in [1.54, 1.807) is 7.05 Å². The summed E-state index contributed by atoms with van der Waals surface area (Å²) in [5, 5.41) is 5.95. The van der Waals surface area contributed by atoms with Gasteiger partial charge in [0.05, 0.1) is 11.3 Å². The van der Waals surface area contributed by atoms with Crippen molar-refractivity contribution >= 4 is 49.1 Å². The highest BCUT2D eigenvalue weighted by atomic mass is 79.9. The van der Waals surface area contributed by atoms with Gasteiger partial charge in [-0.25, -0.2) is 0 Å². The van der Waals surface area contributed by atoms with Gasteiger partial charge in [-0.05, 0) is 58.7 Å². The van der Waals surface area contributed by atoms with Gasteiger partial charge in [0, 0.05) is 21.7 Å². The van der Waals surface area contributed by atoms with Gasteiger partial charge in [-0.2, -0.15) is 0 Å². The molecule has 0 aliphatic heterocycles. The van der Waals surface area contributed by atoms with Crippen molar-refractivity contribution in [2.75, 3.05) is 17.7 Å². The maximum absolute atomic E-state index is 12.4. The summed E-state index contributed by atoms with van der Waals surface area (Å²) in [6.07, 6.45) is 0. The molecule has 3 nitrogen and oxygen atoms in total. The third kappa shape index (κ3) is 3.41. The van der Waals surface area contributed by atoms with E-state index in [1.165, 1.54) is 0 Å². The van der Waals surface area contributed by atoms with Gasteiger partial charge in [-0.1, -0.05) is 22.0 Å². The second-order valence-electron chi connectivity index (χ2n) is 4.38. The zero-order valence-electron chi connectivity index (χ0n) is 11.1. The normalized spacial score (nSPS) is 10.2. The molecular weight excluding hydrogens is 384 g/mol. The lowest BCUT2D eigenvalue weighted by atomic mass is 10.1. The standard InChI is InChI=1S/C15H14Br2N2O/c1-9-3-5-11(14(7-9)18-2)15(20)19-13-6-4-10(16)8-12(13)17/h3-8,18H,1-2H3,(H,19,20). The highest BCUT2D eigenvalue weighted by Gasteiger charge is 2.12. The average Bonchev–Trinajstić information content (AvgIpc) is 2.41. The van der Waals surface area contributed by atoms with Crippen LogP contribution in [0, 0.1) is 6.92 Å². The fourth-order valence-corrected chi connectivity index (χ4v) is 2.99. The molecular formula is C15H14Br2N2O. The van der Waals surface area contributed by atoms with E-state index in [0.29, 0.717) is 5.56 Å². The summed E-state index contributed by atoms with van der Waals surface area (Å²) in [6.45, 7) is 1.99. The lowest BCUT2D eigenvalue weighted by Gasteiger charge is -2.12. The number of aryl methyl sites for hydroxylation is 1. The van der Waals surface area contributed by atoms with Gasteiger partial charge in [0.15, 0.2) is 0 Å². The Morgan fingerprint density at radius 2 is 1.80 bits per heavy atom. The number of carbonyl (C=O) groups excluding carboxylic acids is 1. The Balaban J connectivity index is 2.28. The molecule has 0 saturated heterocycles. The van der Waals surface area contributed by atoms with E-state index in [9.17, 15) is 4.79 Å². The SMILES string of the molecule is CNc1cc(C)ccc1C(=O)Nc1ccc(Br)cc1Br. The second kappa shape index (κ2) is 6.41. The van der Waals surface area contributed by atoms with Crippen molar-refractivity contribution in [1.82, 2.24) is 0 Å². The topological polar surface area (TPSA) is 41.1 Å². The maximum Gasteiger partial charge on any atom is 0.257 e. The van der Waals surface area contributed by atoms with Gasteiger partial charge in [-0.3, -0.25) is 4.79 Å². The zero-order chi connectivity index (χ0) is 14.7. The monoisotopic (exact) mass is 396 g/mol. The minimum absolute atomic E-state index is 0.141. The molecule has 5 heteroatoms. The van der Waals surface area contributed by atoms with Gasteiger partial charge >= 0.3 is 0 Å². The number of benzene rings is 2. The first-order valence-electron chi connectivity index (χ1n) is 6.06. The molecule has 2 N–H and O–H groups in total. The molecule has 2 aromatic carbocycles. The number of nitrogens with one attached hydrogen (secondary N) is 2. The highest BCUT2D eigenvalue weighted by Crippen LogP contribution is 2.27. The van der Waals surface area contributed by atoms with E-state index in [4.69, 9.17) is 0 Å². The number of halogens is 2. The predicted octanol–water partition coefficient (Wildman–Crippen LogP) is 4.81. The van der Waals surface area contributed by atoms with E-state index in [-0.39, 0.29) is 5.91 Å². The van der Waals surface area contributed by atoms with Gasteiger partial charge in [0.1, 0.15) is 0 Å². The van der Waals surface area contributed by atoms with E-state index < -0.39 is 0 Å². The molecule has 0 aromatic heterocycles. The number of hydrogen-bond acceptors (Lipinski definition) is 2. The van der Waals surface area contributed by atoms with Crippen molar-refractivity contribution in [2.24, 2.45) is 0 Å². The van der Waals surface area contributed by atoms with Crippen molar-refractivity contribution in [2.45, 2.75) is 6.92 Å². The summed E-state index contributed by atoms with van der Waals surface area (Å²) in [5.74, 6) is -0.141. The Labute approximate surface area is 135 Å². The van der Waals surface area contributed by atoms with Crippen LogP contribution in [0.25, 0.3) is 0 Å². The molecule has 0 spiro atoms. The fraction of sp³-hybridized carbons (Fsp3) is 0.133. The maximum atomic E-state index is 12.4. The van der Waals surface area contributed by atoms with Gasteiger partial charge in [0.2, 0.25) is 0 Å². The molecule has 1 amide bonds. The van der Waals surface area contributed by atoms with Crippen LogP contribution in [-0.2, 0) is 0 Å². The van der Waals surface area contributed by atoms with Gasteiger partial charge in [-0.15, -0.1) is 0 Å². The van der Waals surface area contributed by atoms with Crippen LogP contribution in [0.4, 0.5) is 11.4 Å². The average molecular weight is 398 g/mol. The zero-order valence-corrected chi connectivity index (χ0v) is 14.3. The lowest BCUT2D eigenvalue weighted by molar-refractivity contribution is 0.102. The molecule has 0 fully saturated rings. The van der Waals surface area contributed by atoms with E-state index >= 15 is 0 Å². The number of rotatable bonds is 3. The third-order valence-electron chi connectivity index (χ3n) is 2.87. The summed E-state index contributed by atoms with van der Waals surface area (Å²) in [7, 11) is 1.81. The molecule has 0 saturated carbocycles. The van der Waals surface area contributed by atoms with Crippen LogP contribution in [-0.4, -0.2) is 13.0 Å². The second-order valence-corrected chi connectivity index (χ2v) is 6.15. The molecule has 2 rings (SSSR count). The van der Waals surface area contributed by atoms with E-state index in [0.717, 1.165) is 25.9 Å². The molecule has 104 valence electrons. The highest BCUT2D eigenvalue weighted by molar-refractivity contribution is 9.11. The molecule has 0 unspecified atom stereocenters. The summed E-state index contributed by atoms with van der Waals surface area (Å²) in [6, 6.07) is 11.3. The van der Waals surface area contributed by atoms with Crippen molar-refractivity contribution in [3.63, 3.8) is 0 Å². The van der Waals surface area contributed by atoms with Crippen LogP contribution >= 0.6 is 31.9 Å². The molecule has 2 aromatic rings. The predicted molar refractivity (Wildman–Crippen MR) is 90.5 cm³/mol.